The lowest BCUT2D eigenvalue weighted by molar-refractivity contribution is 0.101. The van der Waals surface area contributed by atoms with Crippen LogP contribution in [-0.4, -0.2) is 65.4 Å². The van der Waals surface area contributed by atoms with Gasteiger partial charge in [0, 0.05) is 50.4 Å². The van der Waals surface area contributed by atoms with Gasteiger partial charge in [-0.05, 0) is 40.4 Å². The van der Waals surface area contributed by atoms with Gasteiger partial charge in [-0.1, -0.05) is 0 Å². The number of nitrogens with one attached hydrogen (secondary N) is 1. The number of nitrogens with zero attached hydrogens (tertiary/aromatic N) is 4. The zero-order valence-corrected chi connectivity index (χ0v) is 13.8. The molecular formula is C15H30N6. The molecule has 120 valence electrons. The van der Waals surface area contributed by atoms with Crippen LogP contribution >= 0.6 is 0 Å². The van der Waals surface area contributed by atoms with Crippen LogP contribution < -0.4 is 11.3 Å². The van der Waals surface area contributed by atoms with Gasteiger partial charge in [-0.25, -0.2) is 0 Å². The summed E-state index contributed by atoms with van der Waals surface area (Å²) in [5.74, 6) is 5.80. The van der Waals surface area contributed by atoms with Gasteiger partial charge in [-0.3, -0.25) is 16.0 Å². The predicted molar refractivity (Wildman–Crippen MR) is 86.0 cm³/mol. The van der Waals surface area contributed by atoms with Gasteiger partial charge in [0.2, 0.25) is 0 Å². The normalized spacial score (nSPS) is 22.6. The van der Waals surface area contributed by atoms with Gasteiger partial charge in [-0.15, -0.1) is 0 Å². The third kappa shape index (κ3) is 4.26. The number of hydrazine groups is 1. The number of nitrogens with two attached hydrogens (primary N) is 1. The maximum Gasteiger partial charge on any atom is 0.0596 e. The Morgan fingerprint density at radius 1 is 1.43 bits per heavy atom. The third-order valence-corrected chi connectivity index (χ3v) is 4.51. The van der Waals surface area contributed by atoms with Crippen LogP contribution in [0, 0.1) is 6.92 Å². The lowest BCUT2D eigenvalue weighted by atomic mass is 10.00. The monoisotopic (exact) mass is 294 g/mol. The van der Waals surface area contributed by atoms with E-state index in [1.807, 2.05) is 6.92 Å². The Kier molecular flexibility index (Phi) is 5.75. The SMILES string of the molecule is CCn1nc(C)cc1CC(CC1CN(C)CCN1C)NN. The van der Waals surface area contributed by atoms with Gasteiger partial charge in [-0.2, -0.15) is 5.10 Å². The van der Waals surface area contributed by atoms with E-state index in [0.717, 1.165) is 44.7 Å². The highest BCUT2D eigenvalue weighted by atomic mass is 15.3. The van der Waals surface area contributed by atoms with Crippen LogP contribution in [0.1, 0.15) is 24.7 Å². The van der Waals surface area contributed by atoms with Gasteiger partial charge >= 0.3 is 0 Å². The highest BCUT2D eigenvalue weighted by molar-refractivity contribution is 5.10. The Morgan fingerprint density at radius 2 is 2.19 bits per heavy atom. The summed E-state index contributed by atoms with van der Waals surface area (Å²) < 4.78 is 2.08. The Labute approximate surface area is 128 Å². The molecule has 1 aliphatic heterocycles. The van der Waals surface area contributed by atoms with Gasteiger partial charge < -0.3 is 9.80 Å². The van der Waals surface area contributed by atoms with Gasteiger partial charge in [0.1, 0.15) is 0 Å². The Hall–Kier alpha value is -0.950. The molecule has 2 rings (SSSR count). The molecule has 0 aliphatic carbocycles. The zero-order valence-electron chi connectivity index (χ0n) is 13.8. The molecule has 0 aromatic carbocycles. The minimum absolute atomic E-state index is 0.283. The smallest absolute Gasteiger partial charge is 0.0596 e. The first kappa shape index (κ1) is 16.4. The molecule has 0 saturated carbocycles. The first-order valence-electron chi connectivity index (χ1n) is 7.91. The first-order valence-corrected chi connectivity index (χ1v) is 7.91. The molecule has 0 bridgehead atoms. The lowest BCUT2D eigenvalue weighted by Gasteiger charge is -2.39. The minimum Gasteiger partial charge on any atom is -0.304 e. The Balaban J connectivity index is 1.99. The highest BCUT2D eigenvalue weighted by Gasteiger charge is 2.25. The lowest BCUT2D eigenvalue weighted by Crippen LogP contribution is -2.53. The minimum atomic E-state index is 0.283. The topological polar surface area (TPSA) is 62.4 Å². The summed E-state index contributed by atoms with van der Waals surface area (Å²) >= 11 is 0. The van der Waals surface area contributed by atoms with E-state index in [2.05, 4.69) is 52.1 Å². The van der Waals surface area contributed by atoms with Gasteiger partial charge in [0.05, 0.1) is 5.69 Å². The van der Waals surface area contributed by atoms with E-state index in [-0.39, 0.29) is 6.04 Å². The number of rotatable bonds is 6. The molecule has 2 heterocycles. The molecule has 0 spiro atoms. The van der Waals surface area contributed by atoms with Crippen LogP contribution in [0.5, 0.6) is 0 Å². The first-order chi connectivity index (χ1) is 10.0. The molecule has 1 fully saturated rings. The number of likely N-dealkylation sites (N-methyl/N-ethyl adjacent to an activating group) is 2. The molecule has 0 radical (unpaired) electrons. The van der Waals surface area contributed by atoms with Gasteiger partial charge in [0.15, 0.2) is 0 Å². The number of hydrogen-bond donors (Lipinski definition) is 2. The van der Waals surface area contributed by atoms with Crippen LogP contribution in [0.2, 0.25) is 0 Å². The fraction of sp³-hybridized carbons (Fsp3) is 0.800. The molecule has 6 heteroatoms. The summed E-state index contributed by atoms with van der Waals surface area (Å²) in [7, 11) is 4.41. The molecule has 1 saturated heterocycles. The summed E-state index contributed by atoms with van der Waals surface area (Å²) in [5, 5.41) is 4.52. The van der Waals surface area contributed by atoms with Crippen molar-refractivity contribution in [3.8, 4) is 0 Å². The molecule has 6 nitrogen and oxygen atoms in total. The molecule has 2 unspecified atom stereocenters. The number of piperazine rings is 1. The van der Waals surface area contributed by atoms with Crippen molar-refractivity contribution < 1.29 is 0 Å². The Morgan fingerprint density at radius 3 is 2.86 bits per heavy atom. The van der Waals surface area contributed by atoms with Crippen molar-refractivity contribution in [2.75, 3.05) is 33.7 Å². The van der Waals surface area contributed by atoms with Crippen molar-refractivity contribution in [1.82, 2.24) is 25.0 Å². The summed E-state index contributed by atoms with van der Waals surface area (Å²) in [5.41, 5.74) is 5.36. The molecule has 21 heavy (non-hydrogen) atoms. The molecule has 3 N–H and O–H groups in total. The van der Waals surface area contributed by atoms with Crippen molar-refractivity contribution >= 4 is 0 Å². The average Bonchev–Trinajstić information content (AvgIpc) is 2.81. The molecule has 0 amide bonds. The van der Waals surface area contributed by atoms with Crippen molar-refractivity contribution in [3.05, 3.63) is 17.5 Å². The van der Waals surface area contributed by atoms with E-state index < -0.39 is 0 Å². The van der Waals surface area contributed by atoms with Crippen molar-refractivity contribution in [2.24, 2.45) is 5.84 Å². The van der Waals surface area contributed by atoms with E-state index in [1.165, 1.54) is 5.69 Å². The summed E-state index contributed by atoms with van der Waals surface area (Å²) in [6.07, 6.45) is 1.99. The zero-order chi connectivity index (χ0) is 15.4. The van der Waals surface area contributed by atoms with Crippen molar-refractivity contribution in [3.63, 3.8) is 0 Å². The van der Waals surface area contributed by atoms with E-state index in [9.17, 15) is 0 Å². The molecule has 1 aliphatic rings. The maximum absolute atomic E-state index is 5.80. The Bertz CT molecular complexity index is 443. The van der Waals surface area contributed by atoms with Crippen molar-refractivity contribution in [2.45, 2.75) is 45.3 Å². The van der Waals surface area contributed by atoms with E-state index in [1.54, 1.807) is 0 Å². The fourth-order valence-corrected chi connectivity index (χ4v) is 3.18. The fourth-order valence-electron chi connectivity index (χ4n) is 3.18. The standard InChI is InChI=1S/C15H30N6/c1-5-21-14(8-12(2)18-21)9-13(17-16)10-15-11-19(3)6-7-20(15)4/h8,13,15,17H,5-7,9-11,16H2,1-4H3. The number of aromatic nitrogens is 2. The molecular weight excluding hydrogens is 264 g/mol. The molecule has 2 atom stereocenters. The van der Waals surface area contributed by atoms with Crippen LogP contribution in [-0.2, 0) is 13.0 Å². The highest BCUT2D eigenvalue weighted by Crippen LogP contribution is 2.15. The summed E-state index contributed by atoms with van der Waals surface area (Å²) in [4.78, 5) is 4.85. The second-order valence-electron chi connectivity index (χ2n) is 6.29. The van der Waals surface area contributed by atoms with Crippen molar-refractivity contribution in [1.29, 1.82) is 0 Å². The largest absolute Gasteiger partial charge is 0.304 e. The number of hydrogen-bond acceptors (Lipinski definition) is 5. The maximum atomic E-state index is 5.80. The van der Waals surface area contributed by atoms with Gasteiger partial charge in [0.25, 0.3) is 0 Å². The van der Waals surface area contributed by atoms with Crippen LogP contribution in [0.25, 0.3) is 0 Å². The third-order valence-electron chi connectivity index (χ3n) is 4.51. The average molecular weight is 294 g/mol. The molecule has 1 aromatic rings. The summed E-state index contributed by atoms with van der Waals surface area (Å²) in [6, 6.07) is 3.01. The van der Waals surface area contributed by atoms with E-state index in [0.29, 0.717) is 6.04 Å². The predicted octanol–water partition coefficient (Wildman–Crippen LogP) is 0.222. The van der Waals surface area contributed by atoms with E-state index >= 15 is 0 Å². The van der Waals surface area contributed by atoms with Crippen LogP contribution in [0.3, 0.4) is 0 Å². The molecule has 1 aromatic heterocycles. The number of aryl methyl sites for hydroxylation is 2. The second kappa shape index (κ2) is 7.35. The van der Waals surface area contributed by atoms with E-state index in [4.69, 9.17) is 5.84 Å². The van der Waals surface area contributed by atoms with Crippen LogP contribution in [0.15, 0.2) is 6.07 Å². The quantitative estimate of drug-likeness (QED) is 0.581. The summed E-state index contributed by atoms with van der Waals surface area (Å²) in [6.45, 7) is 8.47. The second-order valence-corrected chi connectivity index (χ2v) is 6.29. The van der Waals surface area contributed by atoms with Crippen LogP contribution in [0.4, 0.5) is 0 Å².